The van der Waals surface area contributed by atoms with Gasteiger partial charge in [0.1, 0.15) is 17.2 Å². The Kier molecular flexibility index (Phi) is 8.46. The Balaban J connectivity index is 2.44. The van der Waals surface area contributed by atoms with Crippen LogP contribution in [0.2, 0.25) is 0 Å². The average Bonchev–Trinajstić information content (AvgIpc) is 2.58. The monoisotopic (exact) mass is 384 g/mol. The largest absolute Gasteiger partial charge is 0.444 e. The molecule has 0 radical (unpaired) electrons. The number of rotatable bonds is 6. The van der Waals surface area contributed by atoms with Crippen molar-refractivity contribution in [2.75, 3.05) is 20.6 Å². The van der Waals surface area contributed by atoms with E-state index in [-0.39, 0.29) is 24.2 Å². The van der Waals surface area contributed by atoms with Gasteiger partial charge in [-0.1, -0.05) is 0 Å². The standard InChI is InChI=1S/C19H30F2N4O2/c1-13(25(6)18(26)27-19(2,3)4)9-10-23-17(22-5)24-12-14-11-15(20)7-8-16(14)21/h7-8,11,13H,9-10,12H2,1-6H3,(H2,22,23,24). The van der Waals surface area contributed by atoms with E-state index in [0.717, 1.165) is 18.2 Å². The van der Waals surface area contributed by atoms with Crippen molar-refractivity contribution in [1.29, 1.82) is 0 Å². The number of carbonyl (C=O) groups is 1. The molecule has 0 fully saturated rings. The Morgan fingerprint density at radius 2 is 1.96 bits per heavy atom. The van der Waals surface area contributed by atoms with Gasteiger partial charge in [0, 0.05) is 38.8 Å². The van der Waals surface area contributed by atoms with E-state index in [0.29, 0.717) is 18.9 Å². The van der Waals surface area contributed by atoms with E-state index in [2.05, 4.69) is 15.6 Å². The number of nitrogens with one attached hydrogen (secondary N) is 2. The summed E-state index contributed by atoms with van der Waals surface area (Å²) in [7, 11) is 3.28. The number of aliphatic imine (C=N–C) groups is 1. The molecule has 0 aliphatic heterocycles. The van der Waals surface area contributed by atoms with Crippen LogP contribution in [0.25, 0.3) is 0 Å². The van der Waals surface area contributed by atoms with E-state index in [1.807, 2.05) is 27.7 Å². The van der Waals surface area contributed by atoms with Crippen molar-refractivity contribution >= 4 is 12.1 Å². The molecule has 1 rings (SSSR count). The summed E-state index contributed by atoms with van der Waals surface area (Å²) in [4.78, 5) is 17.7. The molecule has 27 heavy (non-hydrogen) atoms. The number of guanidine groups is 1. The number of hydrogen-bond acceptors (Lipinski definition) is 3. The lowest BCUT2D eigenvalue weighted by molar-refractivity contribution is 0.0230. The van der Waals surface area contributed by atoms with Gasteiger partial charge in [-0.15, -0.1) is 0 Å². The second-order valence-corrected chi connectivity index (χ2v) is 7.32. The minimum atomic E-state index is -0.540. The van der Waals surface area contributed by atoms with Crippen LogP contribution in [0.4, 0.5) is 13.6 Å². The Morgan fingerprint density at radius 1 is 1.30 bits per heavy atom. The molecule has 0 saturated carbocycles. The highest BCUT2D eigenvalue weighted by Gasteiger charge is 2.22. The van der Waals surface area contributed by atoms with Gasteiger partial charge in [0.25, 0.3) is 0 Å². The summed E-state index contributed by atoms with van der Waals surface area (Å²) in [6.45, 7) is 8.03. The molecule has 0 aliphatic rings. The molecular formula is C19H30F2N4O2. The Bertz CT molecular complexity index is 660. The average molecular weight is 384 g/mol. The minimum absolute atomic E-state index is 0.0499. The second-order valence-electron chi connectivity index (χ2n) is 7.32. The Morgan fingerprint density at radius 3 is 2.56 bits per heavy atom. The summed E-state index contributed by atoms with van der Waals surface area (Å²) in [6.07, 6.45) is 0.282. The van der Waals surface area contributed by atoms with Crippen LogP contribution in [-0.2, 0) is 11.3 Å². The summed E-state index contributed by atoms with van der Waals surface area (Å²) >= 11 is 0. The molecule has 6 nitrogen and oxygen atoms in total. The molecule has 8 heteroatoms. The molecule has 0 saturated heterocycles. The normalized spacial score (nSPS) is 13.1. The van der Waals surface area contributed by atoms with Crippen molar-refractivity contribution in [3.05, 3.63) is 35.4 Å². The van der Waals surface area contributed by atoms with Crippen molar-refractivity contribution in [2.45, 2.75) is 52.3 Å². The minimum Gasteiger partial charge on any atom is -0.444 e. The van der Waals surface area contributed by atoms with Gasteiger partial charge >= 0.3 is 6.09 Å². The number of nitrogens with zero attached hydrogens (tertiary/aromatic N) is 2. The van der Waals surface area contributed by atoms with Gasteiger partial charge in [-0.25, -0.2) is 13.6 Å². The fourth-order valence-corrected chi connectivity index (χ4v) is 2.19. The summed E-state index contributed by atoms with van der Waals surface area (Å²) < 4.78 is 32.2. The molecule has 1 atom stereocenters. The van der Waals surface area contributed by atoms with E-state index in [1.54, 1.807) is 19.0 Å². The summed E-state index contributed by atoms with van der Waals surface area (Å²) in [5, 5.41) is 6.03. The lowest BCUT2D eigenvalue weighted by atomic mass is 10.2. The zero-order valence-electron chi connectivity index (χ0n) is 16.9. The third kappa shape index (κ3) is 8.23. The lowest BCUT2D eigenvalue weighted by Crippen LogP contribution is -2.42. The van der Waals surface area contributed by atoms with E-state index in [9.17, 15) is 13.6 Å². The summed E-state index contributed by atoms with van der Waals surface area (Å²) in [5.41, 5.74) is -0.322. The van der Waals surface area contributed by atoms with E-state index < -0.39 is 17.2 Å². The van der Waals surface area contributed by atoms with Crippen molar-refractivity contribution < 1.29 is 18.3 Å². The first-order valence-electron chi connectivity index (χ1n) is 8.87. The van der Waals surface area contributed by atoms with Crippen LogP contribution in [0.5, 0.6) is 0 Å². The molecule has 0 heterocycles. The van der Waals surface area contributed by atoms with Crippen LogP contribution in [0.3, 0.4) is 0 Å². The molecule has 0 aliphatic carbocycles. The molecule has 152 valence electrons. The predicted octanol–water partition coefficient (Wildman–Crippen LogP) is 3.28. The Labute approximate surface area is 160 Å². The molecule has 1 aromatic rings. The maximum atomic E-state index is 13.6. The predicted molar refractivity (Wildman–Crippen MR) is 103 cm³/mol. The molecule has 1 amide bonds. The third-order valence-electron chi connectivity index (χ3n) is 3.87. The van der Waals surface area contributed by atoms with Gasteiger partial charge < -0.3 is 20.3 Å². The zero-order valence-corrected chi connectivity index (χ0v) is 16.9. The molecular weight excluding hydrogens is 354 g/mol. The van der Waals surface area contributed by atoms with Crippen LogP contribution < -0.4 is 10.6 Å². The molecule has 0 aromatic heterocycles. The van der Waals surface area contributed by atoms with Gasteiger partial charge in [-0.2, -0.15) is 0 Å². The number of amides is 1. The van der Waals surface area contributed by atoms with Gasteiger partial charge in [0.2, 0.25) is 0 Å². The second kappa shape index (κ2) is 10.1. The van der Waals surface area contributed by atoms with Crippen LogP contribution in [0, 0.1) is 11.6 Å². The highest BCUT2D eigenvalue weighted by Crippen LogP contribution is 2.12. The van der Waals surface area contributed by atoms with E-state index in [4.69, 9.17) is 4.74 Å². The molecule has 0 bridgehead atoms. The van der Waals surface area contributed by atoms with Crippen molar-refractivity contribution in [1.82, 2.24) is 15.5 Å². The van der Waals surface area contributed by atoms with Crippen LogP contribution in [0.1, 0.15) is 39.7 Å². The van der Waals surface area contributed by atoms with Crippen molar-refractivity contribution in [3.8, 4) is 0 Å². The Hall–Kier alpha value is -2.38. The first kappa shape index (κ1) is 22.7. The number of ether oxygens (including phenoxy) is 1. The van der Waals surface area contributed by atoms with Crippen LogP contribution in [-0.4, -0.2) is 49.2 Å². The highest BCUT2D eigenvalue weighted by atomic mass is 19.1. The third-order valence-corrected chi connectivity index (χ3v) is 3.87. The highest BCUT2D eigenvalue weighted by molar-refractivity contribution is 5.79. The first-order valence-corrected chi connectivity index (χ1v) is 8.87. The fraction of sp³-hybridized carbons (Fsp3) is 0.579. The molecule has 1 unspecified atom stereocenters. The molecule has 1 aromatic carbocycles. The van der Waals surface area contributed by atoms with Crippen molar-refractivity contribution in [2.24, 2.45) is 4.99 Å². The lowest BCUT2D eigenvalue weighted by Gasteiger charge is -2.28. The molecule has 0 spiro atoms. The molecule has 2 N–H and O–H groups in total. The maximum Gasteiger partial charge on any atom is 0.410 e. The van der Waals surface area contributed by atoms with Gasteiger partial charge in [-0.05, 0) is 52.3 Å². The van der Waals surface area contributed by atoms with Crippen LogP contribution in [0.15, 0.2) is 23.2 Å². The SMILES string of the molecule is CN=C(NCCC(C)N(C)C(=O)OC(C)(C)C)NCc1cc(F)ccc1F. The quantitative estimate of drug-likeness (QED) is 0.584. The topological polar surface area (TPSA) is 66.0 Å². The van der Waals surface area contributed by atoms with Gasteiger partial charge in [0.05, 0.1) is 0 Å². The number of hydrogen-bond donors (Lipinski definition) is 2. The van der Waals surface area contributed by atoms with Gasteiger partial charge in [-0.3, -0.25) is 4.99 Å². The van der Waals surface area contributed by atoms with Gasteiger partial charge in [0.15, 0.2) is 5.96 Å². The maximum absolute atomic E-state index is 13.6. The zero-order chi connectivity index (χ0) is 20.6. The van der Waals surface area contributed by atoms with Crippen molar-refractivity contribution in [3.63, 3.8) is 0 Å². The first-order chi connectivity index (χ1) is 12.5. The summed E-state index contributed by atoms with van der Waals surface area (Å²) in [5.74, 6) is -0.507. The van der Waals surface area contributed by atoms with Crippen LogP contribution >= 0.6 is 0 Å². The van der Waals surface area contributed by atoms with E-state index in [1.165, 1.54) is 0 Å². The number of benzene rings is 1. The number of halogens is 2. The smallest absolute Gasteiger partial charge is 0.410 e. The fourth-order valence-electron chi connectivity index (χ4n) is 2.19. The summed E-state index contributed by atoms with van der Waals surface area (Å²) in [6, 6.07) is 3.27. The van der Waals surface area contributed by atoms with E-state index >= 15 is 0 Å². The number of carbonyl (C=O) groups excluding carboxylic acids is 1.